The molecular formula is C80H101BrN6O13S4. The van der Waals surface area contributed by atoms with E-state index >= 15 is 0 Å². The third kappa shape index (κ3) is 23.3. The van der Waals surface area contributed by atoms with Gasteiger partial charge in [0, 0.05) is 78.7 Å². The minimum atomic E-state index is -1.11. The molecule has 7 atom stereocenters. The van der Waals surface area contributed by atoms with E-state index < -0.39 is 30.0 Å². The van der Waals surface area contributed by atoms with Gasteiger partial charge in [-0.3, -0.25) is 33.8 Å². The van der Waals surface area contributed by atoms with Gasteiger partial charge in [0.2, 0.25) is 29.5 Å². The van der Waals surface area contributed by atoms with Gasteiger partial charge in [0.05, 0.1) is 57.9 Å². The molecule has 104 heavy (non-hydrogen) atoms. The van der Waals surface area contributed by atoms with Crippen LogP contribution in [0.2, 0.25) is 0 Å². The van der Waals surface area contributed by atoms with Crippen LogP contribution in [-0.2, 0) is 38.2 Å². The van der Waals surface area contributed by atoms with Gasteiger partial charge in [-0.25, -0.2) is 19.2 Å². The van der Waals surface area contributed by atoms with Crippen molar-refractivity contribution in [2.24, 2.45) is 45.3 Å². The highest BCUT2D eigenvalue weighted by atomic mass is 79.9. The molecule has 0 spiro atoms. The first-order valence-corrected chi connectivity index (χ1v) is 38.7. The zero-order valence-corrected chi connectivity index (χ0v) is 69.0. The number of ether oxygens (including phenoxy) is 3. The normalized spacial score (nSPS) is 20.0. The van der Waals surface area contributed by atoms with Crippen LogP contribution >= 0.6 is 61.3 Å². The lowest BCUT2D eigenvalue weighted by Gasteiger charge is -2.35. The fourth-order valence-electron chi connectivity index (χ4n) is 11.8. The third-order valence-electron chi connectivity index (χ3n) is 17.3. The maximum absolute atomic E-state index is 14.0. The molecule has 4 aromatic rings. The number of hydrogen-bond donors (Lipinski definition) is 2. The van der Waals surface area contributed by atoms with E-state index in [2.05, 4.69) is 106 Å². The van der Waals surface area contributed by atoms with Gasteiger partial charge < -0.3 is 39.3 Å². The van der Waals surface area contributed by atoms with E-state index in [1.165, 1.54) is 71.4 Å². The number of hydrogen-bond acceptors (Lipinski definition) is 17. The number of nitrogens with one attached hydrogen (secondary N) is 1. The number of carbonyl (C=O) groups excluding carboxylic acids is 8. The van der Waals surface area contributed by atoms with Crippen molar-refractivity contribution in [2.45, 2.75) is 174 Å². The Morgan fingerprint density at radius 3 is 1.20 bits per heavy atom. The van der Waals surface area contributed by atoms with Gasteiger partial charge in [-0.2, -0.15) is 0 Å². The molecule has 560 valence electrons. The van der Waals surface area contributed by atoms with Crippen molar-refractivity contribution >= 4 is 132 Å². The highest BCUT2D eigenvalue weighted by Gasteiger charge is 2.45. The monoisotopic (exact) mass is 1560 g/mol. The first-order chi connectivity index (χ1) is 48.3. The fourth-order valence-corrected chi connectivity index (χ4v) is 16.1. The van der Waals surface area contributed by atoms with E-state index in [0.717, 1.165) is 44.8 Å². The van der Waals surface area contributed by atoms with Gasteiger partial charge in [-0.15, -0.1) is 45.3 Å². The van der Waals surface area contributed by atoms with Gasteiger partial charge in [0.1, 0.15) is 37.6 Å². The van der Waals surface area contributed by atoms with E-state index in [4.69, 9.17) is 9.47 Å². The quantitative estimate of drug-likeness (QED) is 0.0582. The van der Waals surface area contributed by atoms with Gasteiger partial charge in [0.25, 0.3) is 0 Å². The smallest absolute Gasteiger partial charge is 0.350 e. The number of carbonyl (C=O) groups is 9. The third-order valence-corrected chi connectivity index (χ3v) is 22.3. The lowest BCUT2D eigenvalue weighted by atomic mass is 9.80. The number of allylic oxidation sites excluding steroid dienone is 4. The molecule has 7 heterocycles. The van der Waals surface area contributed by atoms with Crippen LogP contribution in [0.3, 0.4) is 0 Å². The second kappa shape index (κ2) is 35.9. The number of likely N-dealkylation sites (N-methyl/N-ethyl adjacent to an activating group) is 3. The molecule has 5 aliphatic rings. The second-order valence-electron chi connectivity index (χ2n) is 31.0. The van der Waals surface area contributed by atoms with Crippen LogP contribution in [0.5, 0.6) is 0 Å². The number of carboxylic acid groups (broad SMARTS) is 1. The summed E-state index contributed by atoms with van der Waals surface area (Å²) in [6, 6.07) is 5.47. The van der Waals surface area contributed by atoms with Crippen molar-refractivity contribution in [2.75, 3.05) is 77.2 Å². The molecule has 19 nitrogen and oxygen atoms in total. The van der Waals surface area contributed by atoms with Crippen molar-refractivity contribution in [1.29, 1.82) is 0 Å². The fraction of sp³-hybridized carbons (Fsp3) is 0.537. The Hall–Kier alpha value is -7.97. The number of thiophene rings is 4. The Morgan fingerprint density at radius 1 is 0.510 bits per heavy atom. The van der Waals surface area contributed by atoms with Crippen LogP contribution < -0.4 is 15.1 Å². The van der Waals surface area contributed by atoms with Gasteiger partial charge in [-0.1, -0.05) is 84.5 Å². The van der Waals surface area contributed by atoms with E-state index in [-0.39, 0.29) is 97.4 Å². The molecule has 2 unspecified atom stereocenters. The predicted molar refractivity (Wildman–Crippen MR) is 419 cm³/mol. The molecule has 0 aromatic carbocycles. The molecule has 3 saturated heterocycles. The first kappa shape index (κ1) is 85.0. The molecule has 2 aliphatic carbocycles. The topological polar surface area (TPSA) is 230 Å². The highest BCUT2D eigenvalue weighted by Crippen LogP contribution is 2.42. The maximum Gasteiger partial charge on any atom is 0.350 e. The second-order valence-corrected chi connectivity index (χ2v) is 36.1. The van der Waals surface area contributed by atoms with Crippen molar-refractivity contribution in [3.63, 3.8) is 0 Å². The summed E-state index contributed by atoms with van der Waals surface area (Å²) in [4.78, 5) is 126. The number of anilines is 3. The van der Waals surface area contributed by atoms with Crippen molar-refractivity contribution in [1.82, 2.24) is 14.7 Å². The van der Waals surface area contributed by atoms with Crippen molar-refractivity contribution < 1.29 is 62.5 Å². The summed E-state index contributed by atoms with van der Waals surface area (Å²) in [5.74, 6) is 21.8. The van der Waals surface area contributed by atoms with Crippen LogP contribution in [0.25, 0.3) is 0 Å². The molecular weight excluding hydrogens is 1460 g/mol. The number of halogens is 1. The Balaban J connectivity index is 0.000000225. The number of esters is 3. The molecule has 4 aromatic heterocycles. The minimum Gasteiger partial charge on any atom is -0.477 e. The molecule has 24 heteroatoms. The first-order valence-electron chi connectivity index (χ1n) is 34.7. The Bertz CT molecular complexity index is 4250. The van der Waals surface area contributed by atoms with E-state index in [1.807, 2.05) is 102 Å². The Labute approximate surface area is 639 Å². The molecule has 0 bridgehead atoms. The predicted octanol–water partition coefficient (Wildman–Crippen LogP) is 15.2. The molecule has 5 amide bonds. The number of amides is 5. The summed E-state index contributed by atoms with van der Waals surface area (Å²) in [6.07, 6.45) is 8.81. The van der Waals surface area contributed by atoms with Gasteiger partial charge in [-0.05, 0) is 194 Å². The average Bonchev–Trinajstić information content (AvgIpc) is 1.58. The zero-order chi connectivity index (χ0) is 77.8. The molecule has 2 N–H and O–H groups in total. The molecule has 3 aliphatic heterocycles. The number of rotatable bonds is 12. The summed E-state index contributed by atoms with van der Waals surface area (Å²) < 4.78 is 15.3. The average molecular weight is 1560 g/mol. The van der Waals surface area contributed by atoms with E-state index in [1.54, 1.807) is 52.9 Å². The largest absolute Gasteiger partial charge is 0.477 e. The van der Waals surface area contributed by atoms with E-state index in [9.17, 15) is 48.3 Å². The van der Waals surface area contributed by atoms with Crippen LogP contribution in [-0.4, -0.2) is 153 Å². The summed E-state index contributed by atoms with van der Waals surface area (Å²) >= 11 is 8.21. The molecule has 3 fully saturated rings. The minimum absolute atomic E-state index is 0.0364. The number of aromatic carboxylic acids is 1. The number of carboxylic acids is 1. The number of likely N-dealkylation sites (tertiary alicyclic amines) is 3. The van der Waals surface area contributed by atoms with Crippen LogP contribution in [0.15, 0.2) is 52.0 Å². The van der Waals surface area contributed by atoms with Crippen molar-refractivity contribution in [3.8, 4) is 47.4 Å². The molecule has 9 rings (SSSR count). The SMILES string of the molecule is CC1=CCC(C(=O)N(c2cc(C#CC(C)(C)C)sc2C(=O)O)[C@H]2CCN(C)C2=O)[C@@H](C)C1.COC(=O)c1sc(C#CC(C)(C)C)cc1Br.COC(=O)c1sc(C#CC(C)(C)C)cc1N(C(=O)C1CC=C(C)C[C@@H]1C)[C@H]1CCN(C)C1=O.COC(=O)c1sc(C#CC(C)(C)C)cc1N[C@H]1CCN(C)C1=O. The number of methoxy groups -OCH3 is 3. The maximum atomic E-state index is 14.0. The van der Waals surface area contributed by atoms with Crippen molar-refractivity contribution in [3.05, 3.63) is 91.1 Å². The Morgan fingerprint density at radius 2 is 0.846 bits per heavy atom. The Kier molecular flexibility index (Phi) is 29.3. The summed E-state index contributed by atoms with van der Waals surface area (Å²) in [5, 5.41) is 13.1. The summed E-state index contributed by atoms with van der Waals surface area (Å²) in [7, 11) is 9.28. The highest BCUT2D eigenvalue weighted by molar-refractivity contribution is 9.10. The van der Waals surface area contributed by atoms with Crippen LogP contribution in [0.1, 0.15) is 214 Å². The lowest BCUT2D eigenvalue weighted by molar-refractivity contribution is -0.131. The van der Waals surface area contributed by atoms with Crippen LogP contribution in [0.4, 0.5) is 17.1 Å². The van der Waals surface area contributed by atoms with Crippen LogP contribution in [0, 0.1) is 92.7 Å². The molecule has 0 saturated carbocycles. The van der Waals surface area contributed by atoms with E-state index in [0.29, 0.717) is 81.1 Å². The summed E-state index contributed by atoms with van der Waals surface area (Å²) in [5.41, 5.74) is 3.27. The zero-order valence-electron chi connectivity index (χ0n) is 64.2. The van der Waals surface area contributed by atoms with Gasteiger partial charge >= 0.3 is 23.9 Å². The van der Waals surface area contributed by atoms with Gasteiger partial charge in [0.15, 0.2) is 0 Å². The molecule has 0 radical (unpaired) electrons. The summed E-state index contributed by atoms with van der Waals surface area (Å²) in [6.45, 7) is 34.3. The standard InChI is InChI=1S/C26H34N2O4S.C25H32N2O4S.C17H22N2O3S.C12H13BrO2S/c1-16-8-9-19(17(2)14-16)23(29)28(20-11-13-27(6)24(20)30)21-15-18(10-12-26(3,4)5)33-22(21)25(31)32-7;1-15-7-8-18(16(2)13-15)22(28)27(19-10-12-26(6)23(19)29)20-14-17(9-11-25(3,4)5)32-21(20)24(30)31;1-17(2,3)8-6-11-10-13(14(23-11)16(21)22-5)18-12-7-9-19(4)15(12)20;1-12(2,3)6-5-8-7-9(13)10(16-8)11(14)15-4/h8,15,17,19-20H,9,11,13-14H2,1-7H3;7,14,16,18-19H,8,10,12-13H2,1-6H3,(H,30,31);10,12,18H,7,9H2,1-5H3;7H,1-4H3/t17-,19?,20-;16-,18?,19-;12-;/m000./s1. The number of nitrogens with zero attached hydrogens (tertiary/aromatic N) is 5. The lowest BCUT2D eigenvalue weighted by Crippen LogP contribution is -2.49.